The predicted octanol–water partition coefficient (Wildman–Crippen LogP) is 3.51. The van der Waals surface area contributed by atoms with Gasteiger partial charge < -0.3 is 19.7 Å². The molecule has 2 aromatic rings. The minimum absolute atomic E-state index is 0.476. The number of ether oxygens (including phenoxy) is 2. The number of hydrogen-bond donors (Lipinski definition) is 1. The second-order valence-electron chi connectivity index (χ2n) is 6.10. The van der Waals surface area contributed by atoms with Crippen molar-refractivity contribution in [2.75, 3.05) is 32.2 Å². The Morgan fingerprint density at radius 2 is 1.96 bits per heavy atom. The highest BCUT2D eigenvalue weighted by Crippen LogP contribution is 2.37. The average molecular weight is 362 g/mol. The van der Waals surface area contributed by atoms with E-state index in [0.29, 0.717) is 29.1 Å². The quantitative estimate of drug-likeness (QED) is 0.853. The van der Waals surface area contributed by atoms with E-state index in [1.165, 1.54) is 0 Å². The van der Waals surface area contributed by atoms with Crippen molar-refractivity contribution in [1.29, 1.82) is 0 Å². The van der Waals surface area contributed by atoms with E-state index in [1.807, 2.05) is 30.5 Å². The number of aromatic nitrogens is 1. The second kappa shape index (κ2) is 8.41. The van der Waals surface area contributed by atoms with E-state index in [2.05, 4.69) is 21.3 Å². The highest BCUT2D eigenvalue weighted by atomic mass is 35.5. The van der Waals surface area contributed by atoms with Crippen molar-refractivity contribution >= 4 is 17.4 Å². The van der Waals surface area contributed by atoms with Crippen LogP contribution in [0.4, 0.5) is 5.82 Å². The minimum atomic E-state index is 0.476. The van der Waals surface area contributed by atoms with E-state index >= 15 is 0 Å². The van der Waals surface area contributed by atoms with Crippen LogP contribution >= 0.6 is 11.6 Å². The normalized spacial score (nSPS) is 15.2. The maximum Gasteiger partial charge on any atom is 0.179 e. The van der Waals surface area contributed by atoms with Gasteiger partial charge in [0.2, 0.25) is 0 Å². The van der Waals surface area contributed by atoms with E-state index in [1.54, 1.807) is 14.2 Å². The van der Waals surface area contributed by atoms with Crippen LogP contribution in [0.3, 0.4) is 0 Å². The van der Waals surface area contributed by atoms with Gasteiger partial charge in [0, 0.05) is 31.9 Å². The standard InChI is InChI=1S/C19H24ClN3O2/c1-24-16-7-6-14(18(20)19(16)25-2)13-22-15-8-11-23(12-9-15)17-5-3-4-10-21-17/h3-7,10,15,22H,8-9,11-13H2,1-2H3. The number of benzene rings is 1. The Balaban J connectivity index is 1.55. The number of halogens is 1. The third kappa shape index (κ3) is 4.17. The van der Waals surface area contributed by atoms with Gasteiger partial charge >= 0.3 is 0 Å². The fourth-order valence-electron chi connectivity index (χ4n) is 3.17. The smallest absolute Gasteiger partial charge is 0.179 e. The van der Waals surface area contributed by atoms with Crippen LogP contribution in [0.1, 0.15) is 18.4 Å². The van der Waals surface area contributed by atoms with Crippen LogP contribution in [-0.2, 0) is 6.54 Å². The van der Waals surface area contributed by atoms with Crippen LogP contribution in [0.25, 0.3) is 0 Å². The zero-order valence-electron chi connectivity index (χ0n) is 14.7. The molecule has 1 aromatic carbocycles. The summed E-state index contributed by atoms with van der Waals surface area (Å²) in [6.45, 7) is 2.73. The summed E-state index contributed by atoms with van der Waals surface area (Å²) < 4.78 is 10.6. The predicted molar refractivity (Wildman–Crippen MR) is 101 cm³/mol. The van der Waals surface area contributed by atoms with Crippen LogP contribution in [0.2, 0.25) is 5.02 Å². The Morgan fingerprint density at radius 1 is 1.16 bits per heavy atom. The molecule has 6 heteroatoms. The monoisotopic (exact) mass is 361 g/mol. The van der Waals surface area contributed by atoms with Gasteiger partial charge in [0.25, 0.3) is 0 Å². The molecule has 0 amide bonds. The third-order valence-corrected chi connectivity index (χ3v) is 5.03. The zero-order chi connectivity index (χ0) is 17.6. The lowest BCUT2D eigenvalue weighted by Gasteiger charge is -2.33. The maximum atomic E-state index is 6.45. The number of pyridine rings is 1. The molecule has 1 aliphatic rings. The molecule has 25 heavy (non-hydrogen) atoms. The van der Waals surface area contributed by atoms with E-state index in [-0.39, 0.29) is 0 Å². The molecule has 0 saturated carbocycles. The van der Waals surface area contributed by atoms with Gasteiger partial charge in [-0.3, -0.25) is 0 Å². The first-order chi connectivity index (χ1) is 12.2. The molecule has 0 atom stereocenters. The fraction of sp³-hybridized carbons (Fsp3) is 0.421. The number of anilines is 1. The van der Waals surface area contributed by atoms with Crippen molar-refractivity contribution in [3.05, 3.63) is 47.1 Å². The van der Waals surface area contributed by atoms with Crippen molar-refractivity contribution in [1.82, 2.24) is 10.3 Å². The Hall–Kier alpha value is -1.98. The second-order valence-corrected chi connectivity index (χ2v) is 6.48. The summed E-state index contributed by atoms with van der Waals surface area (Å²) in [6.07, 6.45) is 4.02. The highest BCUT2D eigenvalue weighted by Gasteiger charge is 2.20. The molecule has 1 fully saturated rings. The number of hydrogen-bond acceptors (Lipinski definition) is 5. The van der Waals surface area contributed by atoms with Gasteiger partial charge in [-0.1, -0.05) is 23.7 Å². The third-order valence-electron chi connectivity index (χ3n) is 4.61. The van der Waals surface area contributed by atoms with Crippen molar-refractivity contribution in [3.63, 3.8) is 0 Å². The summed E-state index contributed by atoms with van der Waals surface area (Å²) in [5.74, 6) is 2.30. The van der Waals surface area contributed by atoms with Crippen LogP contribution in [0.5, 0.6) is 11.5 Å². The molecule has 0 spiro atoms. The Kier molecular flexibility index (Phi) is 6.00. The van der Waals surface area contributed by atoms with Gasteiger partial charge in [-0.15, -0.1) is 0 Å². The van der Waals surface area contributed by atoms with Crippen molar-refractivity contribution < 1.29 is 9.47 Å². The van der Waals surface area contributed by atoms with Crippen LogP contribution < -0.4 is 19.7 Å². The van der Waals surface area contributed by atoms with Gasteiger partial charge in [0.15, 0.2) is 11.5 Å². The summed E-state index contributed by atoms with van der Waals surface area (Å²) in [4.78, 5) is 6.77. The van der Waals surface area contributed by atoms with E-state index in [0.717, 1.165) is 37.3 Å². The maximum absolute atomic E-state index is 6.45. The number of nitrogens with zero attached hydrogens (tertiary/aromatic N) is 2. The summed E-state index contributed by atoms with van der Waals surface area (Å²) in [5, 5.41) is 4.22. The van der Waals surface area contributed by atoms with Gasteiger partial charge in [0.1, 0.15) is 5.82 Å². The van der Waals surface area contributed by atoms with Crippen LogP contribution in [0.15, 0.2) is 36.5 Å². The lowest BCUT2D eigenvalue weighted by atomic mass is 10.0. The van der Waals surface area contributed by atoms with Crippen molar-refractivity contribution in [2.45, 2.75) is 25.4 Å². The molecule has 5 nitrogen and oxygen atoms in total. The average Bonchev–Trinajstić information content (AvgIpc) is 2.68. The fourth-order valence-corrected chi connectivity index (χ4v) is 3.47. The molecule has 1 N–H and O–H groups in total. The van der Waals surface area contributed by atoms with Crippen molar-refractivity contribution in [3.8, 4) is 11.5 Å². The Labute approximate surface area is 153 Å². The van der Waals surface area contributed by atoms with Gasteiger partial charge in [0.05, 0.1) is 19.2 Å². The van der Waals surface area contributed by atoms with Gasteiger partial charge in [-0.25, -0.2) is 4.98 Å². The van der Waals surface area contributed by atoms with E-state index in [9.17, 15) is 0 Å². The van der Waals surface area contributed by atoms with E-state index in [4.69, 9.17) is 21.1 Å². The number of piperidine rings is 1. The minimum Gasteiger partial charge on any atom is -0.493 e. The Bertz CT molecular complexity index is 689. The molecule has 2 heterocycles. The lowest BCUT2D eigenvalue weighted by molar-refractivity contribution is 0.354. The van der Waals surface area contributed by atoms with Crippen LogP contribution in [0, 0.1) is 0 Å². The number of methoxy groups -OCH3 is 2. The first-order valence-electron chi connectivity index (χ1n) is 8.51. The molecule has 3 rings (SSSR count). The molecule has 1 saturated heterocycles. The van der Waals surface area contributed by atoms with Crippen molar-refractivity contribution in [2.24, 2.45) is 0 Å². The molecule has 1 aliphatic heterocycles. The van der Waals surface area contributed by atoms with Gasteiger partial charge in [-0.2, -0.15) is 0 Å². The van der Waals surface area contributed by atoms with Gasteiger partial charge in [-0.05, 0) is 36.6 Å². The molecular formula is C19H24ClN3O2. The molecule has 0 unspecified atom stereocenters. The summed E-state index contributed by atoms with van der Waals surface area (Å²) in [7, 11) is 3.22. The van der Waals surface area contributed by atoms with Crippen LogP contribution in [-0.4, -0.2) is 38.3 Å². The summed E-state index contributed by atoms with van der Waals surface area (Å²) >= 11 is 6.45. The molecule has 0 radical (unpaired) electrons. The molecule has 0 aliphatic carbocycles. The number of rotatable bonds is 6. The molecular weight excluding hydrogens is 338 g/mol. The number of nitrogens with one attached hydrogen (secondary N) is 1. The first-order valence-corrected chi connectivity index (χ1v) is 8.89. The lowest BCUT2D eigenvalue weighted by Crippen LogP contribution is -2.42. The molecule has 134 valence electrons. The zero-order valence-corrected chi connectivity index (χ0v) is 15.4. The topological polar surface area (TPSA) is 46.6 Å². The largest absolute Gasteiger partial charge is 0.493 e. The molecule has 0 bridgehead atoms. The SMILES string of the molecule is COc1ccc(CNC2CCN(c3ccccn3)CC2)c(Cl)c1OC. The Morgan fingerprint density at radius 3 is 2.60 bits per heavy atom. The summed E-state index contributed by atoms with van der Waals surface area (Å²) in [6, 6.07) is 10.4. The van der Waals surface area contributed by atoms with E-state index < -0.39 is 0 Å². The summed E-state index contributed by atoms with van der Waals surface area (Å²) in [5.41, 5.74) is 1.02. The highest BCUT2D eigenvalue weighted by molar-refractivity contribution is 6.33. The first kappa shape index (κ1) is 17.8. The molecule has 1 aromatic heterocycles.